The Labute approximate surface area is 128 Å². The van der Waals surface area contributed by atoms with Gasteiger partial charge in [-0.2, -0.15) is 0 Å². The zero-order valence-corrected chi connectivity index (χ0v) is 14.2. The SMILES string of the molecule is CCCCN(CCCC)C(=O)c1c(CO)c(C)n(C)c1C. The maximum absolute atomic E-state index is 12.9. The number of rotatable bonds is 8. The lowest BCUT2D eigenvalue weighted by Crippen LogP contribution is -2.33. The number of aromatic nitrogens is 1. The van der Waals surface area contributed by atoms with Crippen LogP contribution in [0, 0.1) is 13.8 Å². The van der Waals surface area contributed by atoms with E-state index >= 15 is 0 Å². The second kappa shape index (κ2) is 8.23. The summed E-state index contributed by atoms with van der Waals surface area (Å²) in [6.45, 7) is 9.71. The van der Waals surface area contributed by atoms with E-state index in [4.69, 9.17) is 0 Å². The highest BCUT2D eigenvalue weighted by Crippen LogP contribution is 2.23. The summed E-state index contributed by atoms with van der Waals surface area (Å²) in [7, 11) is 1.95. The van der Waals surface area contributed by atoms with Crippen molar-refractivity contribution in [2.75, 3.05) is 13.1 Å². The smallest absolute Gasteiger partial charge is 0.256 e. The van der Waals surface area contributed by atoms with Crippen LogP contribution in [0.3, 0.4) is 0 Å². The Morgan fingerprint density at radius 1 is 1.10 bits per heavy atom. The normalized spacial score (nSPS) is 11.0. The van der Waals surface area contributed by atoms with Crippen molar-refractivity contribution in [3.05, 3.63) is 22.5 Å². The lowest BCUT2D eigenvalue weighted by atomic mass is 10.1. The molecule has 0 aromatic carbocycles. The van der Waals surface area contributed by atoms with Crippen LogP contribution in [0.15, 0.2) is 0 Å². The Balaban J connectivity index is 3.10. The van der Waals surface area contributed by atoms with Gasteiger partial charge in [-0.05, 0) is 26.7 Å². The third kappa shape index (κ3) is 3.88. The lowest BCUT2D eigenvalue weighted by Gasteiger charge is -2.23. The number of hydrogen-bond acceptors (Lipinski definition) is 2. The average Bonchev–Trinajstić information content (AvgIpc) is 2.70. The summed E-state index contributed by atoms with van der Waals surface area (Å²) in [5, 5.41) is 9.64. The van der Waals surface area contributed by atoms with Crippen molar-refractivity contribution in [1.82, 2.24) is 9.47 Å². The molecule has 0 aliphatic carbocycles. The molecule has 0 unspecified atom stereocenters. The second-order valence-electron chi connectivity index (χ2n) is 5.74. The Morgan fingerprint density at radius 3 is 2.05 bits per heavy atom. The maximum Gasteiger partial charge on any atom is 0.256 e. The monoisotopic (exact) mass is 294 g/mol. The van der Waals surface area contributed by atoms with Gasteiger partial charge >= 0.3 is 0 Å². The van der Waals surface area contributed by atoms with Crippen LogP contribution in [0.5, 0.6) is 0 Å². The molecule has 0 saturated heterocycles. The molecule has 0 aliphatic rings. The maximum atomic E-state index is 12.9. The zero-order valence-electron chi connectivity index (χ0n) is 14.2. The molecule has 1 aromatic rings. The number of carbonyl (C=O) groups excluding carboxylic acids is 1. The molecule has 1 aromatic heterocycles. The van der Waals surface area contributed by atoms with Crippen molar-refractivity contribution in [2.24, 2.45) is 7.05 Å². The van der Waals surface area contributed by atoms with E-state index in [1.807, 2.05) is 30.4 Å². The van der Waals surface area contributed by atoms with Gasteiger partial charge in [0.2, 0.25) is 0 Å². The van der Waals surface area contributed by atoms with Crippen molar-refractivity contribution >= 4 is 5.91 Å². The Morgan fingerprint density at radius 2 is 1.62 bits per heavy atom. The van der Waals surface area contributed by atoms with Gasteiger partial charge < -0.3 is 14.6 Å². The predicted molar refractivity (Wildman–Crippen MR) is 86.5 cm³/mol. The largest absolute Gasteiger partial charge is 0.392 e. The van der Waals surface area contributed by atoms with E-state index < -0.39 is 0 Å². The average molecular weight is 294 g/mol. The van der Waals surface area contributed by atoms with Crippen LogP contribution >= 0.6 is 0 Å². The molecule has 0 atom stereocenters. The van der Waals surface area contributed by atoms with Gasteiger partial charge in [-0.3, -0.25) is 4.79 Å². The molecule has 4 nitrogen and oxygen atoms in total. The first-order valence-corrected chi connectivity index (χ1v) is 8.04. The third-order valence-electron chi connectivity index (χ3n) is 4.33. The quantitative estimate of drug-likeness (QED) is 0.800. The van der Waals surface area contributed by atoms with Crippen LogP contribution in [0.4, 0.5) is 0 Å². The second-order valence-corrected chi connectivity index (χ2v) is 5.74. The topological polar surface area (TPSA) is 45.5 Å². The van der Waals surface area contributed by atoms with Gasteiger partial charge in [0, 0.05) is 37.1 Å². The van der Waals surface area contributed by atoms with E-state index in [-0.39, 0.29) is 12.5 Å². The Kier molecular flexibility index (Phi) is 6.96. The van der Waals surface area contributed by atoms with E-state index in [9.17, 15) is 9.90 Å². The summed E-state index contributed by atoms with van der Waals surface area (Å²) >= 11 is 0. The van der Waals surface area contributed by atoms with E-state index in [2.05, 4.69) is 13.8 Å². The van der Waals surface area contributed by atoms with E-state index in [0.29, 0.717) is 5.56 Å². The summed E-state index contributed by atoms with van der Waals surface area (Å²) in [6.07, 6.45) is 4.20. The molecule has 0 saturated carbocycles. The fourth-order valence-electron chi connectivity index (χ4n) is 2.67. The summed E-state index contributed by atoms with van der Waals surface area (Å²) in [5.41, 5.74) is 3.39. The van der Waals surface area contributed by atoms with Crippen LogP contribution < -0.4 is 0 Å². The minimum absolute atomic E-state index is 0.0714. The molecule has 1 amide bonds. The first kappa shape index (κ1) is 17.8. The van der Waals surface area contributed by atoms with Crippen LogP contribution in [-0.4, -0.2) is 33.6 Å². The highest BCUT2D eigenvalue weighted by atomic mass is 16.3. The number of nitrogens with zero attached hydrogens (tertiary/aromatic N) is 2. The Bertz CT molecular complexity index is 470. The molecule has 1 rings (SSSR count). The van der Waals surface area contributed by atoms with Gasteiger partial charge in [0.1, 0.15) is 0 Å². The van der Waals surface area contributed by atoms with Crippen LogP contribution in [-0.2, 0) is 13.7 Å². The van der Waals surface area contributed by atoms with E-state index in [1.165, 1.54) is 0 Å². The summed E-state index contributed by atoms with van der Waals surface area (Å²) in [4.78, 5) is 14.9. The highest BCUT2D eigenvalue weighted by molar-refractivity contribution is 5.97. The first-order valence-electron chi connectivity index (χ1n) is 8.04. The number of aliphatic hydroxyl groups excluding tert-OH is 1. The van der Waals surface area contributed by atoms with Crippen molar-refractivity contribution in [3.8, 4) is 0 Å². The molecule has 21 heavy (non-hydrogen) atoms. The number of amides is 1. The fourth-order valence-corrected chi connectivity index (χ4v) is 2.67. The van der Waals surface area contributed by atoms with Crippen LogP contribution in [0.25, 0.3) is 0 Å². The number of hydrogen-bond donors (Lipinski definition) is 1. The molecule has 0 aliphatic heterocycles. The van der Waals surface area contributed by atoms with Gasteiger partial charge in [-0.15, -0.1) is 0 Å². The van der Waals surface area contributed by atoms with Crippen LogP contribution in [0.2, 0.25) is 0 Å². The molecule has 0 fully saturated rings. The minimum Gasteiger partial charge on any atom is -0.392 e. The van der Waals surface area contributed by atoms with Gasteiger partial charge in [-0.25, -0.2) is 0 Å². The third-order valence-corrected chi connectivity index (χ3v) is 4.33. The molecule has 0 bridgehead atoms. The van der Waals surface area contributed by atoms with Crippen molar-refractivity contribution in [3.63, 3.8) is 0 Å². The molecule has 0 radical (unpaired) electrons. The number of carbonyl (C=O) groups is 1. The standard InChI is InChI=1S/C17H30N2O2/c1-6-8-10-19(11-9-7-2)17(21)16-14(4)18(5)13(3)15(16)12-20/h20H,6-12H2,1-5H3. The number of aliphatic hydroxyl groups is 1. The highest BCUT2D eigenvalue weighted by Gasteiger charge is 2.24. The summed E-state index contributed by atoms with van der Waals surface area (Å²) in [6, 6.07) is 0. The first-order chi connectivity index (χ1) is 9.99. The fraction of sp³-hybridized carbons (Fsp3) is 0.706. The molecule has 1 N–H and O–H groups in total. The van der Waals surface area contributed by atoms with Gasteiger partial charge in [-0.1, -0.05) is 26.7 Å². The summed E-state index contributed by atoms with van der Waals surface area (Å²) < 4.78 is 2.00. The molecule has 120 valence electrons. The molecular formula is C17H30N2O2. The van der Waals surface area contributed by atoms with E-state index in [0.717, 1.165) is 55.7 Å². The van der Waals surface area contributed by atoms with Gasteiger partial charge in [0.15, 0.2) is 0 Å². The Hall–Kier alpha value is -1.29. The van der Waals surface area contributed by atoms with Crippen molar-refractivity contribution in [2.45, 2.75) is 60.0 Å². The van der Waals surface area contributed by atoms with Crippen molar-refractivity contribution in [1.29, 1.82) is 0 Å². The van der Waals surface area contributed by atoms with Crippen LogP contribution in [0.1, 0.15) is 66.8 Å². The van der Waals surface area contributed by atoms with Gasteiger partial charge in [0.05, 0.1) is 12.2 Å². The molecule has 0 spiro atoms. The lowest BCUT2D eigenvalue weighted by molar-refractivity contribution is 0.0747. The van der Waals surface area contributed by atoms with Gasteiger partial charge in [0.25, 0.3) is 5.91 Å². The molecular weight excluding hydrogens is 264 g/mol. The van der Waals surface area contributed by atoms with E-state index in [1.54, 1.807) is 0 Å². The minimum atomic E-state index is -0.0794. The summed E-state index contributed by atoms with van der Waals surface area (Å²) in [5.74, 6) is 0.0714. The number of unbranched alkanes of at least 4 members (excludes halogenated alkanes) is 2. The zero-order chi connectivity index (χ0) is 16.0. The molecule has 4 heteroatoms. The molecule has 1 heterocycles. The van der Waals surface area contributed by atoms with Crippen molar-refractivity contribution < 1.29 is 9.90 Å². The predicted octanol–water partition coefficient (Wildman–Crippen LogP) is 3.18.